The van der Waals surface area contributed by atoms with Gasteiger partial charge in [0.25, 0.3) is 0 Å². The second kappa shape index (κ2) is 6.69. The summed E-state index contributed by atoms with van der Waals surface area (Å²) < 4.78 is 0. The summed E-state index contributed by atoms with van der Waals surface area (Å²) in [5, 5.41) is 14.4. The van der Waals surface area contributed by atoms with Gasteiger partial charge in [-0.15, -0.1) is 0 Å². The predicted octanol–water partition coefficient (Wildman–Crippen LogP) is 2.75. The largest absolute Gasteiger partial charge is 0.354 e. The fourth-order valence-electron chi connectivity index (χ4n) is 2.94. The van der Waals surface area contributed by atoms with Crippen molar-refractivity contribution in [2.24, 2.45) is 5.92 Å². The maximum atomic E-state index is 11.3. The van der Waals surface area contributed by atoms with Crippen LogP contribution in [0.5, 0.6) is 0 Å². The molecule has 0 amide bonds. The summed E-state index contributed by atoms with van der Waals surface area (Å²) in [5.41, 5.74) is 0.413. The first-order chi connectivity index (χ1) is 10.0. The Bertz CT molecular complexity index is 514. The molecule has 0 spiro atoms. The molecule has 7 heteroatoms. The molecule has 1 heterocycles. The minimum atomic E-state index is -0.383. The number of anilines is 2. The summed E-state index contributed by atoms with van der Waals surface area (Å²) in [6.07, 6.45) is 4.91. The molecule has 0 radical (unpaired) electrons. The Balaban J connectivity index is 2.30. The fourth-order valence-corrected chi connectivity index (χ4v) is 2.94. The minimum Gasteiger partial charge on any atom is -0.354 e. The van der Waals surface area contributed by atoms with Crippen molar-refractivity contribution in [1.82, 2.24) is 9.97 Å². The molecule has 116 valence electrons. The van der Waals surface area contributed by atoms with E-state index in [-0.39, 0.29) is 10.6 Å². The third-order valence-corrected chi connectivity index (χ3v) is 3.93. The Kier molecular flexibility index (Phi) is 4.93. The summed E-state index contributed by atoms with van der Waals surface area (Å²) in [6.45, 7) is 5.10. The topological polar surface area (TPSA) is 84.2 Å². The van der Waals surface area contributed by atoms with Crippen molar-refractivity contribution in [3.63, 3.8) is 0 Å². The van der Waals surface area contributed by atoms with Gasteiger partial charge in [0.05, 0.1) is 4.92 Å². The van der Waals surface area contributed by atoms with Gasteiger partial charge < -0.3 is 10.2 Å². The highest BCUT2D eigenvalue weighted by atomic mass is 16.6. The van der Waals surface area contributed by atoms with E-state index >= 15 is 0 Å². The molecule has 0 aromatic carbocycles. The van der Waals surface area contributed by atoms with Crippen molar-refractivity contribution in [3.05, 3.63) is 15.8 Å². The van der Waals surface area contributed by atoms with Gasteiger partial charge in [-0.2, -0.15) is 4.98 Å². The van der Waals surface area contributed by atoms with Crippen molar-refractivity contribution in [3.8, 4) is 0 Å². The number of nitrogens with one attached hydrogen (secondary N) is 1. The van der Waals surface area contributed by atoms with Crippen molar-refractivity contribution < 1.29 is 4.92 Å². The van der Waals surface area contributed by atoms with Crippen LogP contribution in [0.25, 0.3) is 0 Å². The first-order valence-corrected chi connectivity index (χ1v) is 7.51. The number of aromatic nitrogens is 2. The van der Waals surface area contributed by atoms with Crippen LogP contribution in [0.2, 0.25) is 0 Å². The van der Waals surface area contributed by atoms with Crippen LogP contribution in [-0.2, 0) is 0 Å². The zero-order valence-electron chi connectivity index (χ0n) is 12.9. The van der Waals surface area contributed by atoms with E-state index in [0.29, 0.717) is 29.9 Å². The molecule has 7 nitrogen and oxygen atoms in total. The number of nitro groups is 1. The maximum absolute atomic E-state index is 11.3. The van der Waals surface area contributed by atoms with Crippen LogP contribution in [-0.4, -0.2) is 35.0 Å². The van der Waals surface area contributed by atoms with Crippen LogP contribution in [0.1, 0.15) is 38.3 Å². The molecular formula is C14H23N5O2. The number of aryl methyl sites for hydroxylation is 1. The Morgan fingerprint density at radius 2 is 2.05 bits per heavy atom. The van der Waals surface area contributed by atoms with E-state index in [1.54, 1.807) is 6.92 Å². The highest BCUT2D eigenvalue weighted by Gasteiger charge is 2.27. The molecule has 0 bridgehead atoms. The second-order valence-corrected chi connectivity index (χ2v) is 5.62. The average molecular weight is 293 g/mol. The Morgan fingerprint density at radius 3 is 2.62 bits per heavy atom. The molecule has 1 aliphatic carbocycles. The third kappa shape index (κ3) is 3.59. The Hall–Kier alpha value is -1.92. The van der Waals surface area contributed by atoms with Crippen molar-refractivity contribution in [2.45, 2.75) is 39.5 Å². The quantitative estimate of drug-likeness (QED) is 0.641. The zero-order chi connectivity index (χ0) is 15.4. The van der Waals surface area contributed by atoms with Gasteiger partial charge in [0.15, 0.2) is 0 Å². The smallest absolute Gasteiger partial charge is 0.332 e. The first-order valence-electron chi connectivity index (χ1n) is 7.51. The fraction of sp³-hybridized carbons (Fsp3) is 0.714. The van der Waals surface area contributed by atoms with Crippen molar-refractivity contribution in [1.29, 1.82) is 0 Å². The number of hydrogen-bond donors (Lipinski definition) is 1. The molecule has 1 saturated carbocycles. The van der Waals surface area contributed by atoms with Crippen LogP contribution >= 0.6 is 0 Å². The summed E-state index contributed by atoms with van der Waals surface area (Å²) in [4.78, 5) is 21.4. The highest BCUT2D eigenvalue weighted by Crippen LogP contribution is 2.32. The molecule has 2 rings (SSSR count). The number of hydrogen-bond acceptors (Lipinski definition) is 6. The van der Waals surface area contributed by atoms with E-state index in [2.05, 4.69) is 15.3 Å². The van der Waals surface area contributed by atoms with Gasteiger partial charge in [-0.05, 0) is 32.6 Å². The molecule has 1 aromatic heterocycles. The van der Waals surface area contributed by atoms with Crippen molar-refractivity contribution in [2.75, 3.05) is 30.4 Å². The molecule has 1 fully saturated rings. The molecule has 1 aliphatic rings. The highest BCUT2D eigenvalue weighted by molar-refractivity contribution is 5.62. The first kappa shape index (κ1) is 15.5. The van der Waals surface area contributed by atoms with E-state index in [9.17, 15) is 10.1 Å². The second-order valence-electron chi connectivity index (χ2n) is 5.62. The SMILES string of the molecule is CCNc1nc(C)c([N+](=O)[O-])c(N(C)CC2CCCC2)n1. The Morgan fingerprint density at radius 1 is 1.38 bits per heavy atom. The van der Waals surface area contributed by atoms with E-state index in [1.165, 1.54) is 25.7 Å². The van der Waals surface area contributed by atoms with Gasteiger partial charge in [-0.25, -0.2) is 4.98 Å². The number of nitrogens with zero attached hydrogens (tertiary/aromatic N) is 4. The minimum absolute atomic E-state index is 0.0112. The number of rotatable bonds is 6. The lowest BCUT2D eigenvalue weighted by Crippen LogP contribution is -2.26. The van der Waals surface area contributed by atoms with Crippen LogP contribution in [0.4, 0.5) is 17.5 Å². The maximum Gasteiger partial charge on any atom is 0.332 e. The third-order valence-electron chi connectivity index (χ3n) is 3.93. The lowest BCUT2D eigenvalue weighted by Gasteiger charge is -2.22. The monoisotopic (exact) mass is 293 g/mol. The molecular weight excluding hydrogens is 270 g/mol. The normalized spacial score (nSPS) is 15.2. The molecule has 0 saturated heterocycles. The van der Waals surface area contributed by atoms with E-state index in [1.807, 2.05) is 18.9 Å². The van der Waals surface area contributed by atoms with Gasteiger partial charge in [0, 0.05) is 20.1 Å². The Labute approximate surface area is 124 Å². The van der Waals surface area contributed by atoms with Gasteiger partial charge in [0.2, 0.25) is 11.8 Å². The van der Waals surface area contributed by atoms with Crippen LogP contribution < -0.4 is 10.2 Å². The molecule has 21 heavy (non-hydrogen) atoms. The van der Waals surface area contributed by atoms with Crippen LogP contribution in [0.15, 0.2) is 0 Å². The van der Waals surface area contributed by atoms with Gasteiger partial charge in [-0.3, -0.25) is 10.1 Å². The molecule has 0 aliphatic heterocycles. The summed E-state index contributed by atoms with van der Waals surface area (Å²) in [6, 6.07) is 0. The lowest BCUT2D eigenvalue weighted by atomic mass is 10.1. The lowest BCUT2D eigenvalue weighted by molar-refractivity contribution is -0.385. The van der Waals surface area contributed by atoms with E-state index in [0.717, 1.165) is 6.54 Å². The summed E-state index contributed by atoms with van der Waals surface area (Å²) in [5.74, 6) is 1.47. The zero-order valence-corrected chi connectivity index (χ0v) is 12.9. The standard InChI is InChI=1S/C14H23N5O2/c1-4-15-14-16-10(2)12(19(20)21)13(17-14)18(3)9-11-7-5-6-8-11/h11H,4-9H2,1-3H3,(H,15,16,17). The van der Waals surface area contributed by atoms with Gasteiger partial charge in [0.1, 0.15) is 5.69 Å². The molecule has 0 unspecified atom stereocenters. The van der Waals surface area contributed by atoms with E-state index < -0.39 is 0 Å². The average Bonchev–Trinajstić information content (AvgIpc) is 2.90. The summed E-state index contributed by atoms with van der Waals surface area (Å²) in [7, 11) is 1.88. The molecule has 0 atom stereocenters. The molecule has 1 aromatic rings. The summed E-state index contributed by atoms with van der Waals surface area (Å²) >= 11 is 0. The van der Waals surface area contributed by atoms with Crippen molar-refractivity contribution >= 4 is 17.5 Å². The van der Waals surface area contributed by atoms with Gasteiger partial charge in [-0.1, -0.05) is 12.8 Å². The van der Waals surface area contributed by atoms with Crippen LogP contribution in [0.3, 0.4) is 0 Å². The van der Waals surface area contributed by atoms with Crippen LogP contribution in [0, 0.1) is 23.0 Å². The van der Waals surface area contributed by atoms with Gasteiger partial charge >= 0.3 is 5.69 Å². The van der Waals surface area contributed by atoms with E-state index in [4.69, 9.17) is 0 Å². The molecule has 1 N–H and O–H groups in total. The predicted molar refractivity (Wildman–Crippen MR) is 82.8 cm³/mol.